The quantitative estimate of drug-likeness (QED) is 0.495. The summed E-state index contributed by atoms with van der Waals surface area (Å²) in [5.74, 6) is -3.55. The van der Waals surface area contributed by atoms with Crippen LogP contribution in [0.4, 0.5) is 5.13 Å². The number of Topliss-reactive ketones (excluding diaryl/α,β-unsaturated/α-hetero) is 1. The third-order valence-electron chi connectivity index (χ3n) is 11.0. The summed E-state index contributed by atoms with van der Waals surface area (Å²) in [7, 11) is 0. The minimum Gasteiger partial charge on any atom is -0.391 e. The first kappa shape index (κ1) is 23.8. The van der Waals surface area contributed by atoms with E-state index in [-0.39, 0.29) is 29.6 Å². The molecule has 0 radical (unpaired) electrons. The van der Waals surface area contributed by atoms with E-state index in [1.807, 2.05) is 0 Å². The van der Waals surface area contributed by atoms with E-state index in [0.29, 0.717) is 18.4 Å². The molecule has 1 aromatic rings. The lowest BCUT2D eigenvalue weighted by Gasteiger charge is -2.73. The lowest BCUT2D eigenvalue weighted by Crippen LogP contribution is -2.85. The fraction of sp³-hybridized carbons (Fsp3) is 0.786. The second-order valence-corrected chi connectivity index (χ2v) is 14.1. The molecule has 7 aliphatic rings. The Balaban J connectivity index is 1.44. The number of aliphatic hydroxyl groups excluding tert-OH is 2. The zero-order valence-electron chi connectivity index (χ0n) is 21.3. The van der Waals surface area contributed by atoms with E-state index < -0.39 is 34.7 Å². The molecule has 2 spiro atoms. The summed E-state index contributed by atoms with van der Waals surface area (Å²) in [6.45, 7) is 10.6. The number of fused-ring (bicyclic) bond motifs is 3. The van der Waals surface area contributed by atoms with E-state index in [9.17, 15) is 20.1 Å². The Morgan fingerprint density at radius 2 is 1.78 bits per heavy atom. The number of rotatable bonds is 1. The number of aliphatic hydroxyl groups is 3. The van der Waals surface area contributed by atoms with Gasteiger partial charge in [-0.15, -0.1) is 11.3 Å². The topological polar surface area (TPSA) is 103 Å². The van der Waals surface area contributed by atoms with E-state index in [0.717, 1.165) is 43.2 Å². The van der Waals surface area contributed by atoms with Crippen LogP contribution in [0.15, 0.2) is 12.2 Å². The molecular formula is C28H38N2O5S. The molecule has 196 valence electrons. The fourth-order valence-electron chi connectivity index (χ4n) is 9.65. The van der Waals surface area contributed by atoms with Gasteiger partial charge in [0.15, 0.2) is 10.9 Å². The molecule has 4 bridgehead atoms. The summed E-state index contributed by atoms with van der Waals surface area (Å²) in [4.78, 5) is 22.9. The van der Waals surface area contributed by atoms with Gasteiger partial charge in [0.1, 0.15) is 11.5 Å². The van der Waals surface area contributed by atoms with Crippen molar-refractivity contribution in [2.75, 3.05) is 24.6 Å². The van der Waals surface area contributed by atoms with Gasteiger partial charge in [-0.2, -0.15) is 0 Å². The fourth-order valence-corrected chi connectivity index (χ4v) is 11.1. The number of ether oxygens (including phenoxy) is 1. The second-order valence-electron chi connectivity index (χ2n) is 13.0. The largest absolute Gasteiger partial charge is 0.391 e. The Morgan fingerprint density at radius 1 is 1.08 bits per heavy atom. The van der Waals surface area contributed by atoms with Crippen molar-refractivity contribution in [3.8, 4) is 0 Å². The van der Waals surface area contributed by atoms with Gasteiger partial charge in [-0.05, 0) is 49.0 Å². The highest BCUT2D eigenvalue weighted by molar-refractivity contribution is 7.15. The Bertz CT molecular complexity index is 1140. The molecule has 3 saturated carbocycles. The van der Waals surface area contributed by atoms with E-state index in [1.165, 1.54) is 24.1 Å². The first-order valence-electron chi connectivity index (χ1n) is 13.8. The molecule has 3 N–H and O–H groups in total. The number of thiazole rings is 1. The van der Waals surface area contributed by atoms with E-state index in [4.69, 9.17) is 9.72 Å². The van der Waals surface area contributed by atoms with Crippen molar-refractivity contribution in [1.82, 2.24) is 4.98 Å². The highest BCUT2D eigenvalue weighted by Crippen LogP contribution is 2.75. The molecule has 8 heteroatoms. The molecule has 8 atom stereocenters. The zero-order valence-corrected chi connectivity index (χ0v) is 22.1. The molecule has 3 saturated heterocycles. The number of aromatic nitrogens is 1. The van der Waals surface area contributed by atoms with Crippen LogP contribution in [-0.4, -0.2) is 63.8 Å². The predicted molar refractivity (Wildman–Crippen MR) is 136 cm³/mol. The molecule has 1 aromatic heterocycles. The summed E-state index contributed by atoms with van der Waals surface area (Å²) in [5, 5.41) is 36.6. The molecule has 0 amide bonds. The van der Waals surface area contributed by atoms with Gasteiger partial charge in [0.2, 0.25) is 5.79 Å². The molecular weight excluding hydrogens is 476 g/mol. The molecule has 8 rings (SSSR count). The van der Waals surface area contributed by atoms with Crippen LogP contribution in [0.2, 0.25) is 0 Å². The zero-order chi connectivity index (χ0) is 25.3. The normalized spacial score (nSPS) is 47.1. The average Bonchev–Trinajstić information content (AvgIpc) is 3.25. The first-order valence-corrected chi connectivity index (χ1v) is 14.6. The van der Waals surface area contributed by atoms with E-state index in [1.54, 1.807) is 11.3 Å². The van der Waals surface area contributed by atoms with Crippen molar-refractivity contribution in [2.45, 2.75) is 88.6 Å². The summed E-state index contributed by atoms with van der Waals surface area (Å²) >= 11 is 1.76. The first-order chi connectivity index (χ1) is 17.1. The van der Waals surface area contributed by atoms with Crippen molar-refractivity contribution < 1.29 is 24.9 Å². The SMILES string of the molecule is C=C1C(=O)[C@]23[C@H](O)[C@H]1CC[C@H]2[C@@]12CO[C@@]3(O)[C@@H](O)[C@@H]1C(C)(C)Cc1sc(N3CCCCCCC3)nc12. The molecule has 4 aliphatic carbocycles. The summed E-state index contributed by atoms with van der Waals surface area (Å²) in [6, 6.07) is 0. The molecule has 36 heavy (non-hydrogen) atoms. The summed E-state index contributed by atoms with van der Waals surface area (Å²) < 4.78 is 6.19. The lowest BCUT2D eigenvalue weighted by atomic mass is 9.36. The average molecular weight is 515 g/mol. The summed E-state index contributed by atoms with van der Waals surface area (Å²) in [6.07, 6.45) is 5.78. The Labute approximate surface area is 216 Å². The third kappa shape index (κ3) is 2.49. The Kier molecular flexibility index (Phi) is 4.89. The van der Waals surface area contributed by atoms with Crippen LogP contribution >= 0.6 is 11.3 Å². The van der Waals surface area contributed by atoms with Gasteiger partial charge in [-0.25, -0.2) is 4.98 Å². The molecule has 3 aliphatic heterocycles. The van der Waals surface area contributed by atoms with Gasteiger partial charge >= 0.3 is 0 Å². The van der Waals surface area contributed by atoms with Crippen LogP contribution in [0.1, 0.15) is 69.4 Å². The summed E-state index contributed by atoms with van der Waals surface area (Å²) in [5.41, 5.74) is -1.38. The molecule has 7 nitrogen and oxygen atoms in total. The second kappa shape index (κ2) is 7.41. The predicted octanol–water partition coefficient (Wildman–Crippen LogP) is 2.96. The van der Waals surface area contributed by atoms with Gasteiger partial charge < -0.3 is 25.0 Å². The highest BCUT2D eigenvalue weighted by Gasteiger charge is 2.86. The number of hydrogen-bond acceptors (Lipinski definition) is 8. The molecule has 6 fully saturated rings. The van der Waals surface area contributed by atoms with Crippen LogP contribution in [0.3, 0.4) is 0 Å². The van der Waals surface area contributed by atoms with Gasteiger partial charge in [0, 0.05) is 35.2 Å². The standard InChI is InChI=1S/C28H38N2O5S/c1-15-16-9-10-18-26-14-35-28(34,27(18,21(15)31)22(16)32)23(33)19(26)25(2,3)13-17-20(26)29-24(36-17)30-11-7-5-4-6-8-12-30/h16,18-19,22-23,32-34H,1,4-14H2,2-3H3/t16-,18-,19+,22+,23-,26-,27-,28-/m0/s1. The monoisotopic (exact) mass is 514 g/mol. The molecule has 0 unspecified atom stereocenters. The highest BCUT2D eigenvalue weighted by atomic mass is 32.1. The van der Waals surface area contributed by atoms with Gasteiger partial charge in [-0.3, -0.25) is 4.79 Å². The van der Waals surface area contributed by atoms with E-state index in [2.05, 4.69) is 25.3 Å². The molecule has 4 heterocycles. The Morgan fingerprint density at radius 3 is 2.50 bits per heavy atom. The lowest BCUT2D eigenvalue weighted by molar-refractivity contribution is -0.429. The maximum Gasteiger partial charge on any atom is 0.208 e. The minimum absolute atomic E-state index is 0.203. The number of carbonyl (C=O) groups excluding carboxylic acids is 1. The van der Waals surface area contributed by atoms with Crippen molar-refractivity contribution in [2.24, 2.45) is 28.6 Å². The maximum atomic E-state index is 13.9. The number of nitrogens with zero attached hydrogens (tertiary/aromatic N) is 2. The van der Waals surface area contributed by atoms with Gasteiger partial charge in [-0.1, -0.05) is 39.7 Å². The van der Waals surface area contributed by atoms with Crippen molar-refractivity contribution >= 4 is 22.3 Å². The number of carbonyl (C=O) groups is 1. The van der Waals surface area contributed by atoms with E-state index >= 15 is 0 Å². The van der Waals surface area contributed by atoms with Crippen LogP contribution in [0, 0.1) is 28.6 Å². The number of ketones is 1. The van der Waals surface area contributed by atoms with Crippen LogP contribution in [-0.2, 0) is 21.4 Å². The smallest absolute Gasteiger partial charge is 0.208 e. The minimum atomic E-state index is -2.13. The van der Waals surface area contributed by atoms with Crippen molar-refractivity contribution in [3.05, 3.63) is 22.7 Å². The van der Waals surface area contributed by atoms with Crippen LogP contribution in [0.5, 0.6) is 0 Å². The maximum absolute atomic E-state index is 13.9. The third-order valence-corrected chi connectivity index (χ3v) is 12.1. The van der Waals surface area contributed by atoms with Crippen molar-refractivity contribution in [3.63, 3.8) is 0 Å². The van der Waals surface area contributed by atoms with Crippen molar-refractivity contribution in [1.29, 1.82) is 0 Å². The van der Waals surface area contributed by atoms with Gasteiger partial charge in [0.05, 0.1) is 18.4 Å². The van der Waals surface area contributed by atoms with Crippen LogP contribution < -0.4 is 4.90 Å². The molecule has 0 aromatic carbocycles. The van der Waals surface area contributed by atoms with Crippen LogP contribution in [0.25, 0.3) is 0 Å². The van der Waals surface area contributed by atoms with Gasteiger partial charge in [0.25, 0.3) is 0 Å². The number of hydrogen-bond donors (Lipinski definition) is 3. The Hall–Kier alpha value is -1.32. The number of anilines is 1.